The zero-order valence-corrected chi connectivity index (χ0v) is 12.6. The van der Waals surface area contributed by atoms with Gasteiger partial charge in [0.2, 0.25) is 5.95 Å². The van der Waals surface area contributed by atoms with Gasteiger partial charge in [-0.3, -0.25) is 4.90 Å². The largest absolute Gasteiger partial charge is 0.383 e. The van der Waals surface area contributed by atoms with Crippen molar-refractivity contribution in [2.24, 2.45) is 0 Å². The topological polar surface area (TPSA) is 42.3 Å². The van der Waals surface area contributed by atoms with E-state index in [0.29, 0.717) is 18.7 Å². The lowest BCUT2D eigenvalue weighted by molar-refractivity contribution is 0.174. The lowest BCUT2D eigenvalue weighted by Gasteiger charge is -2.33. The van der Waals surface area contributed by atoms with Crippen LogP contribution < -0.4 is 5.32 Å². The molecule has 0 saturated carbocycles. The van der Waals surface area contributed by atoms with Gasteiger partial charge < -0.3 is 14.6 Å². The summed E-state index contributed by atoms with van der Waals surface area (Å²) in [7, 11) is 1.73. The molecule has 0 amide bonds. The summed E-state index contributed by atoms with van der Waals surface area (Å²) < 4.78 is 7.49. The van der Waals surface area contributed by atoms with Crippen molar-refractivity contribution < 1.29 is 4.74 Å². The van der Waals surface area contributed by atoms with Crippen molar-refractivity contribution in [1.82, 2.24) is 14.5 Å². The third-order valence-electron chi connectivity index (χ3n) is 4.62. The zero-order chi connectivity index (χ0) is 13.9. The summed E-state index contributed by atoms with van der Waals surface area (Å²) in [5.74, 6) is 1.01. The molecule has 5 nitrogen and oxygen atoms in total. The number of nitrogens with zero attached hydrogens (tertiary/aromatic N) is 3. The number of nitrogens with one attached hydrogen (secondary N) is 1. The van der Waals surface area contributed by atoms with Crippen LogP contribution >= 0.6 is 0 Å². The molecule has 3 rings (SSSR count). The number of piperidine rings is 1. The monoisotopic (exact) mass is 278 g/mol. The number of aryl methyl sites for hydroxylation is 1. The lowest BCUT2D eigenvalue weighted by Crippen LogP contribution is -2.37. The minimum atomic E-state index is 0.585. The standard InChI is InChI=1S/C15H26N4O/c1-12-11-19(15(17-12)16-7-10-20-2)14-6-9-18-8-4-3-5-13(14)18/h11,13-14H,3-10H2,1-2H3,(H,16,17). The Morgan fingerprint density at radius 1 is 1.30 bits per heavy atom. The van der Waals surface area contributed by atoms with Gasteiger partial charge in [-0.15, -0.1) is 0 Å². The van der Waals surface area contributed by atoms with Crippen LogP contribution in [0.5, 0.6) is 0 Å². The SMILES string of the molecule is COCCNc1nc(C)cn1C1CCN2CCCCC12. The normalized spacial score (nSPS) is 26.7. The molecule has 1 N–H and O–H groups in total. The Hall–Kier alpha value is -1.07. The van der Waals surface area contributed by atoms with Crippen LogP contribution in [0.3, 0.4) is 0 Å². The second-order valence-corrected chi connectivity index (χ2v) is 5.99. The Kier molecular flexibility index (Phi) is 4.27. The quantitative estimate of drug-likeness (QED) is 0.837. The molecule has 0 spiro atoms. The van der Waals surface area contributed by atoms with Gasteiger partial charge in [0.1, 0.15) is 0 Å². The summed E-state index contributed by atoms with van der Waals surface area (Å²) in [6.45, 7) is 6.12. The maximum atomic E-state index is 5.11. The number of imidazole rings is 1. The molecule has 2 saturated heterocycles. The zero-order valence-electron chi connectivity index (χ0n) is 12.6. The van der Waals surface area contributed by atoms with E-state index in [1.165, 1.54) is 38.8 Å². The van der Waals surface area contributed by atoms with E-state index in [9.17, 15) is 0 Å². The first-order chi connectivity index (χ1) is 9.79. The molecular weight excluding hydrogens is 252 g/mol. The van der Waals surface area contributed by atoms with Crippen LogP contribution in [0, 0.1) is 6.92 Å². The molecule has 3 heterocycles. The molecule has 0 bridgehead atoms. The number of aromatic nitrogens is 2. The van der Waals surface area contributed by atoms with E-state index in [0.717, 1.165) is 18.2 Å². The molecule has 2 aliphatic rings. The van der Waals surface area contributed by atoms with Gasteiger partial charge in [-0.1, -0.05) is 6.42 Å². The first-order valence-electron chi connectivity index (χ1n) is 7.82. The fourth-order valence-electron chi connectivity index (χ4n) is 3.71. The number of rotatable bonds is 5. The van der Waals surface area contributed by atoms with Gasteiger partial charge in [0, 0.05) is 32.4 Å². The minimum absolute atomic E-state index is 0.585. The van der Waals surface area contributed by atoms with E-state index in [1.54, 1.807) is 7.11 Å². The maximum Gasteiger partial charge on any atom is 0.203 e. The summed E-state index contributed by atoms with van der Waals surface area (Å²) in [6.07, 6.45) is 7.53. The lowest BCUT2D eigenvalue weighted by atomic mass is 9.99. The predicted octanol–water partition coefficient (Wildman–Crippen LogP) is 2.05. The van der Waals surface area contributed by atoms with Crippen molar-refractivity contribution in [2.75, 3.05) is 38.7 Å². The highest BCUT2D eigenvalue weighted by atomic mass is 16.5. The maximum absolute atomic E-state index is 5.11. The number of ether oxygens (including phenoxy) is 1. The van der Waals surface area contributed by atoms with E-state index in [4.69, 9.17) is 4.74 Å². The fourth-order valence-corrected chi connectivity index (χ4v) is 3.71. The van der Waals surface area contributed by atoms with Crippen LogP contribution in [-0.2, 0) is 4.74 Å². The summed E-state index contributed by atoms with van der Waals surface area (Å²) in [5.41, 5.74) is 1.10. The van der Waals surface area contributed by atoms with Crippen molar-refractivity contribution in [3.05, 3.63) is 11.9 Å². The molecule has 112 valence electrons. The van der Waals surface area contributed by atoms with Gasteiger partial charge >= 0.3 is 0 Å². The van der Waals surface area contributed by atoms with E-state index < -0.39 is 0 Å². The number of methoxy groups -OCH3 is 1. The number of anilines is 1. The Labute approximate surface area is 121 Å². The fraction of sp³-hybridized carbons (Fsp3) is 0.800. The molecule has 1 aromatic rings. The van der Waals surface area contributed by atoms with E-state index in [1.807, 2.05) is 0 Å². The Bertz CT molecular complexity index is 445. The number of hydrogen-bond donors (Lipinski definition) is 1. The van der Waals surface area contributed by atoms with Gasteiger partial charge in [0.15, 0.2) is 0 Å². The van der Waals surface area contributed by atoms with Gasteiger partial charge in [-0.2, -0.15) is 0 Å². The third-order valence-corrected chi connectivity index (χ3v) is 4.62. The Morgan fingerprint density at radius 3 is 3.05 bits per heavy atom. The smallest absolute Gasteiger partial charge is 0.203 e. The molecule has 0 radical (unpaired) electrons. The second kappa shape index (κ2) is 6.14. The highest BCUT2D eigenvalue weighted by Crippen LogP contribution is 2.36. The third kappa shape index (κ3) is 2.69. The highest BCUT2D eigenvalue weighted by Gasteiger charge is 2.37. The van der Waals surface area contributed by atoms with Gasteiger partial charge in [-0.25, -0.2) is 4.98 Å². The first-order valence-corrected chi connectivity index (χ1v) is 7.82. The molecule has 2 fully saturated rings. The first kappa shape index (κ1) is 13.9. The van der Waals surface area contributed by atoms with Crippen molar-refractivity contribution >= 4 is 5.95 Å². The highest BCUT2D eigenvalue weighted by molar-refractivity contribution is 5.30. The molecule has 2 unspecified atom stereocenters. The van der Waals surface area contributed by atoms with Crippen molar-refractivity contribution in [3.8, 4) is 0 Å². The molecule has 2 aliphatic heterocycles. The second-order valence-electron chi connectivity index (χ2n) is 5.99. The van der Waals surface area contributed by atoms with Crippen molar-refractivity contribution in [2.45, 2.75) is 44.7 Å². The Balaban J connectivity index is 1.75. The van der Waals surface area contributed by atoms with Crippen molar-refractivity contribution in [1.29, 1.82) is 0 Å². The van der Waals surface area contributed by atoms with E-state index >= 15 is 0 Å². The average Bonchev–Trinajstić information content (AvgIpc) is 3.02. The van der Waals surface area contributed by atoms with Crippen LogP contribution in [0.15, 0.2) is 6.20 Å². The van der Waals surface area contributed by atoms with Crippen molar-refractivity contribution in [3.63, 3.8) is 0 Å². The van der Waals surface area contributed by atoms with Crippen LogP contribution in [0.1, 0.15) is 37.4 Å². The minimum Gasteiger partial charge on any atom is -0.383 e. The van der Waals surface area contributed by atoms with Crippen LogP contribution in [-0.4, -0.2) is 53.8 Å². The molecular formula is C15H26N4O. The molecule has 0 aliphatic carbocycles. The van der Waals surface area contributed by atoms with E-state index in [2.05, 4.69) is 32.9 Å². The van der Waals surface area contributed by atoms with Gasteiger partial charge in [0.25, 0.3) is 0 Å². The predicted molar refractivity (Wildman–Crippen MR) is 80.2 cm³/mol. The van der Waals surface area contributed by atoms with Crippen LogP contribution in [0.2, 0.25) is 0 Å². The van der Waals surface area contributed by atoms with E-state index in [-0.39, 0.29) is 0 Å². The number of hydrogen-bond acceptors (Lipinski definition) is 4. The summed E-state index contributed by atoms with van der Waals surface area (Å²) >= 11 is 0. The van der Waals surface area contributed by atoms with Crippen LogP contribution in [0.25, 0.3) is 0 Å². The summed E-state index contributed by atoms with van der Waals surface area (Å²) in [4.78, 5) is 7.31. The molecule has 1 aromatic heterocycles. The van der Waals surface area contributed by atoms with Gasteiger partial charge in [0.05, 0.1) is 18.3 Å². The molecule has 5 heteroatoms. The number of fused-ring (bicyclic) bond motifs is 1. The molecule has 2 atom stereocenters. The summed E-state index contributed by atoms with van der Waals surface area (Å²) in [5, 5.41) is 3.42. The summed E-state index contributed by atoms with van der Waals surface area (Å²) in [6, 6.07) is 1.29. The molecule has 20 heavy (non-hydrogen) atoms. The average molecular weight is 278 g/mol. The van der Waals surface area contributed by atoms with Crippen LogP contribution in [0.4, 0.5) is 5.95 Å². The molecule has 0 aromatic carbocycles. The van der Waals surface area contributed by atoms with Gasteiger partial charge in [-0.05, 0) is 32.7 Å². The Morgan fingerprint density at radius 2 is 2.20 bits per heavy atom.